The lowest BCUT2D eigenvalue weighted by Gasteiger charge is -2.02. The van der Waals surface area contributed by atoms with E-state index in [1.165, 1.54) is 0 Å². The van der Waals surface area contributed by atoms with Gasteiger partial charge in [0.1, 0.15) is 5.75 Å². The summed E-state index contributed by atoms with van der Waals surface area (Å²) >= 11 is 0. The van der Waals surface area contributed by atoms with Crippen LogP contribution in [0.2, 0.25) is 0 Å². The van der Waals surface area contributed by atoms with Crippen molar-refractivity contribution in [2.45, 2.75) is 6.92 Å². The van der Waals surface area contributed by atoms with Gasteiger partial charge in [0.25, 0.3) is 0 Å². The monoisotopic (exact) mass is 268 g/mol. The summed E-state index contributed by atoms with van der Waals surface area (Å²) in [5, 5.41) is 0. The summed E-state index contributed by atoms with van der Waals surface area (Å²) in [4.78, 5) is 4.71. The van der Waals surface area contributed by atoms with Gasteiger partial charge in [-0.15, -0.1) is 0 Å². The Kier molecular flexibility index (Phi) is 3.06. The maximum atomic E-state index is 5.36. The first kappa shape index (κ1) is 12.5. The zero-order valence-electron chi connectivity index (χ0n) is 11.8. The molecule has 4 nitrogen and oxygen atoms in total. The van der Waals surface area contributed by atoms with E-state index in [-0.39, 0.29) is 0 Å². The first-order valence-corrected chi connectivity index (χ1v) is 6.40. The van der Waals surface area contributed by atoms with E-state index in [0.29, 0.717) is 0 Å². The third-order valence-corrected chi connectivity index (χ3v) is 3.44. The fourth-order valence-corrected chi connectivity index (χ4v) is 2.34. The molecular formula is C16H16N2O2. The number of aromatic nitrogens is 2. The smallest absolute Gasteiger partial charge is 0.180 e. The summed E-state index contributed by atoms with van der Waals surface area (Å²) < 4.78 is 12.6. The van der Waals surface area contributed by atoms with Crippen molar-refractivity contribution in [1.82, 2.24) is 9.38 Å². The second kappa shape index (κ2) is 4.89. The van der Waals surface area contributed by atoms with Crippen molar-refractivity contribution >= 4 is 5.65 Å². The number of hydrogen-bond donors (Lipinski definition) is 0. The lowest BCUT2D eigenvalue weighted by atomic mass is 10.1. The molecule has 2 heterocycles. The van der Waals surface area contributed by atoms with Crippen LogP contribution >= 0.6 is 0 Å². The summed E-state index contributed by atoms with van der Waals surface area (Å²) in [6, 6.07) is 11.8. The van der Waals surface area contributed by atoms with Gasteiger partial charge < -0.3 is 13.9 Å². The average Bonchev–Trinajstić information content (AvgIpc) is 2.85. The zero-order valence-corrected chi connectivity index (χ0v) is 11.8. The molecule has 0 atom stereocenters. The summed E-state index contributed by atoms with van der Waals surface area (Å²) in [7, 11) is 3.32. The third-order valence-electron chi connectivity index (χ3n) is 3.44. The number of aryl methyl sites for hydroxylation is 1. The molecule has 0 bridgehead atoms. The highest BCUT2D eigenvalue weighted by molar-refractivity contribution is 5.69. The van der Waals surface area contributed by atoms with E-state index in [1.54, 1.807) is 14.2 Å². The molecule has 1 aromatic carbocycles. The Morgan fingerprint density at radius 3 is 2.40 bits per heavy atom. The van der Waals surface area contributed by atoms with E-state index >= 15 is 0 Å². The first-order valence-electron chi connectivity index (χ1n) is 6.40. The van der Waals surface area contributed by atoms with Crippen LogP contribution in [-0.4, -0.2) is 23.6 Å². The molecule has 0 aliphatic carbocycles. The number of pyridine rings is 1. The van der Waals surface area contributed by atoms with Crippen LogP contribution in [0.1, 0.15) is 5.69 Å². The van der Waals surface area contributed by atoms with E-state index < -0.39 is 0 Å². The minimum absolute atomic E-state index is 0.773. The summed E-state index contributed by atoms with van der Waals surface area (Å²) in [5.41, 5.74) is 3.94. The Balaban J connectivity index is 2.18. The van der Waals surface area contributed by atoms with Crippen LogP contribution in [0, 0.1) is 6.92 Å². The molecule has 3 aromatic rings. The van der Waals surface area contributed by atoms with Crippen molar-refractivity contribution in [1.29, 1.82) is 0 Å². The number of methoxy groups -OCH3 is 2. The minimum atomic E-state index is 0.773. The number of ether oxygens (including phenoxy) is 2. The fraction of sp³-hybridized carbons (Fsp3) is 0.188. The van der Waals surface area contributed by atoms with E-state index in [9.17, 15) is 0 Å². The van der Waals surface area contributed by atoms with E-state index in [0.717, 1.165) is 34.1 Å². The van der Waals surface area contributed by atoms with Crippen LogP contribution in [0.5, 0.6) is 11.5 Å². The Labute approximate surface area is 117 Å². The Hall–Kier alpha value is -2.49. The van der Waals surface area contributed by atoms with Crippen LogP contribution in [0.4, 0.5) is 0 Å². The third kappa shape index (κ3) is 1.90. The predicted molar refractivity (Wildman–Crippen MR) is 78.5 cm³/mol. The van der Waals surface area contributed by atoms with Crippen LogP contribution in [0.25, 0.3) is 16.9 Å². The van der Waals surface area contributed by atoms with Crippen molar-refractivity contribution in [3.8, 4) is 22.8 Å². The van der Waals surface area contributed by atoms with Crippen molar-refractivity contribution in [2.75, 3.05) is 14.2 Å². The van der Waals surface area contributed by atoms with E-state index in [4.69, 9.17) is 14.5 Å². The lowest BCUT2D eigenvalue weighted by molar-refractivity contribution is 0.415. The summed E-state index contributed by atoms with van der Waals surface area (Å²) in [6.07, 6.45) is 1.99. The van der Waals surface area contributed by atoms with Gasteiger partial charge in [0, 0.05) is 17.5 Å². The van der Waals surface area contributed by atoms with Gasteiger partial charge in [-0.2, -0.15) is 0 Å². The van der Waals surface area contributed by atoms with Gasteiger partial charge in [-0.3, -0.25) is 0 Å². The van der Waals surface area contributed by atoms with Crippen molar-refractivity contribution in [3.63, 3.8) is 0 Å². The lowest BCUT2D eigenvalue weighted by Crippen LogP contribution is -1.90. The first-order chi connectivity index (χ1) is 9.74. The van der Waals surface area contributed by atoms with Gasteiger partial charge in [0.15, 0.2) is 11.4 Å². The normalized spacial score (nSPS) is 10.8. The highest BCUT2D eigenvalue weighted by Crippen LogP contribution is 2.28. The summed E-state index contributed by atoms with van der Waals surface area (Å²) in [5.74, 6) is 1.61. The molecule has 0 N–H and O–H groups in total. The maximum absolute atomic E-state index is 5.36. The molecule has 0 saturated heterocycles. The number of hydrogen-bond acceptors (Lipinski definition) is 3. The molecule has 3 rings (SSSR count). The molecule has 0 saturated carbocycles. The van der Waals surface area contributed by atoms with Gasteiger partial charge in [-0.1, -0.05) is 0 Å². The quantitative estimate of drug-likeness (QED) is 0.731. The van der Waals surface area contributed by atoms with Crippen molar-refractivity contribution < 1.29 is 9.47 Å². The van der Waals surface area contributed by atoms with Gasteiger partial charge in [-0.05, 0) is 43.3 Å². The molecule has 0 aliphatic rings. The van der Waals surface area contributed by atoms with Crippen LogP contribution in [0.3, 0.4) is 0 Å². The molecule has 2 aromatic heterocycles. The number of fused-ring (bicyclic) bond motifs is 1. The standard InChI is InChI=1S/C16H16N2O2/c1-11-15(12-6-8-13(19-2)9-7-12)17-16-14(20-3)5-4-10-18(11)16/h4-10H,1-3H3. The van der Waals surface area contributed by atoms with Crippen LogP contribution in [0.15, 0.2) is 42.6 Å². The molecule has 20 heavy (non-hydrogen) atoms. The van der Waals surface area contributed by atoms with E-state index in [1.807, 2.05) is 47.0 Å². The van der Waals surface area contributed by atoms with E-state index in [2.05, 4.69) is 6.92 Å². The molecule has 102 valence electrons. The molecule has 0 aliphatic heterocycles. The highest BCUT2D eigenvalue weighted by Gasteiger charge is 2.13. The molecule has 0 radical (unpaired) electrons. The Morgan fingerprint density at radius 2 is 1.75 bits per heavy atom. The molecule has 0 amide bonds. The van der Waals surface area contributed by atoms with Gasteiger partial charge in [0.2, 0.25) is 0 Å². The maximum Gasteiger partial charge on any atom is 0.180 e. The highest BCUT2D eigenvalue weighted by atomic mass is 16.5. The Morgan fingerprint density at radius 1 is 1.00 bits per heavy atom. The van der Waals surface area contributed by atoms with Crippen molar-refractivity contribution in [3.05, 3.63) is 48.3 Å². The average molecular weight is 268 g/mol. The number of rotatable bonds is 3. The van der Waals surface area contributed by atoms with Crippen LogP contribution < -0.4 is 9.47 Å². The van der Waals surface area contributed by atoms with Gasteiger partial charge in [-0.25, -0.2) is 4.98 Å². The number of nitrogens with zero attached hydrogens (tertiary/aromatic N) is 2. The van der Waals surface area contributed by atoms with Crippen molar-refractivity contribution in [2.24, 2.45) is 0 Å². The number of benzene rings is 1. The molecule has 4 heteroatoms. The largest absolute Gasteiger partial charge is 0.497 e. The molecular weight excluding hydrogens is 252 g/mol. The second-order valence-corrected chi connectivity index (χ2v) is 4.54. The zero-order chi connectivity index (χ0) is 14.1. The molecule has 0 unspecified atom stereocenters. The molecule has 0 spiro atoms. The van der Waals surface area contributed by atoms with Crippen LogP contribution in [-0.2, 0) is 0 Å². The van der Waals surface area contributed by atoms with Gasteiger partial charge >= 0.3 is 0 Å². The SMILES string of the molecule is COc1ccc(-c2nc3c(OC)cccn3c2C)cc1. The fourth-order valence-electron chi connectivity index (χ4n) is 2.34. The van der Waals surface area contributed by atoms with Gasteiger partial charge in [0.05, 0.1) is 19.9 Å². The topological polar surface area (TPSA) is 35.8 Å². The summed E-state index contributed by atoms with van der Waals surface area (Å²) in [6.45, 7) is 2.05. The predicted octanol–water partition coefficient (Wildman–Crippen LogP) is 3.33. The molecule has 0 fully saturated rings. The second-order valence-electron chi connectivity index (χ2n) is 4.54. The Bertz CT molecular complexity index is 745. The number of imidazole rings is 1. The minimum Gasteiger partial charge on any atom is -0.497 e.